The number of hydrogen-bond acceptors (Lipinski definition) is 3. The Morgan fingerprint density at radius 3 is 2.14 bits per heavy atom. The third kappa shape index (κ3) is 2.25. The fraction of sp³-hybridized carbons (Fsp3) is 0.333. The van der Waals surface area contributed by atoms with Gasteiger partial charge < -0.3 is 9.05 Å². The van der Waals surface area contributed by atoms with Crippen molar-refractivity contribution in [3.05, 3.63) is 71.3 Å². The summed E-state index contributed by atoms with van der Waals surface area (Å²) in [6, 6.07) is 18.3. The molecule has 0 heterocycles. The molecule has 2 aromatic carbocycles. The summed E-state index contributed by atoms with van der Waals surface area (Å²) in [4.78, 5) is 0. The maximum Gasteiger partial charge on any atom is 0.341 e. The molecule has 0 aromatic heterocycles. The largest absolute Gasteiger partial charge is 0.341 e. The first-order chi connectivity index (χ1) is 10.6. The summed E-state index contributed by atoms with van der Waals surface area (Å²) < 4.78 is 24.0. The molecule has 1 aliphatic carbocycles. The van der Waals surface area contributed by atoms with Gasteiger partial charge in [0.1, 0.15) is 5.16 Å². The summed E-state index contributed by atoms with van der Waals surface area (Å²) in [6.45, 7) is 2.07. The first-order valence-electron chi connectivity index (χ1n) is 7.41. The molecular weight excluding hydrogens is 295 g/mol. The second-order valence-electron chi connectivity index (χ2n) is 5.82. The Balaban J connectivity index is 2.08. The van der Waals surface area contributed by atoms with E-state index in [2.05, 4.69) is 31.2 Å². The highest BCUT2D eigenvalue weighted by atomic mass is 31.2. The van der Waals surface area contributed by atoms with E-state index in [1.165, 1.54) is 25.3 Å². The number of hydrogen-bond donors (Lipinski definition) is 0. The van der Waals surface area contributed by atoms with Crippen molar-refractivity contribution in [3.63, 3.8) is 0 Å². The number of aryl methyl sites for hydroxylation is 1. The molecule has 2 aromatic rings. The predicted octanol–water partition coefficient (Wildman–Crippen LogP) is 4.86. The Kier molecular flexibility index (Phi) is 3.98. The third-order valence-corrected chi connectivity index (χ3v) is 7.35. The topological polar surface area (TPSA) is 35.5 Å². The average Bonchev–Trinajstić information content (AvgIpc) is 3.33. The summed E-state index contributed by atoms with van der Waals surface area (Å²) >= 11 is 0. The molecule has 0 amide bonds. The minimum Gasteiger partial charge on any atom is -0.311 e. The Morgan fingerprint density at radius 1 is 1.00 bits per heavy atom. The van der Waals surface area contributed by atoms with Crippen LogP contribution in [0.2, 0.25) is 0 Å². The minimum atomic E-state index is -3.23. The van der Waals surface area contributed by atoms with Gasteiger partial charge in [0, 0.05) is 20.1 Å². The maximum absolute atomic E-state index is 13.2. The standard InChI is InChI=1S/C18H21O3P/c1-14-9-11-15(12-10-14)17-13-18(17,22(19,20-2)21-3)16-7-5-4-6-8-16/h4-12,17H,13H2,1-3H3. The van der Waals surface area contributed by atoms with Crippen molar-refractivity contribution in [2.75, 3.05) is 14.2 Å². The van der Waals surface area contributed by atoms with Crippen LogP contribution in [0.4, 0.5) is 0 Å². The van der Waals surface area contributed by atoms with Crippen LogP contribution in [0.15, 0.2) is 54.6 Å². The second kappa shape index (κ2) is 5.66. The number of benzene rings is 2. The van der Waals surface area contributed by atoms with Crippen LogP contribution < -0.4 is 0 Å². The zero-order valence-corrected chi connectivity index (χ0v) is 14.0. The molecule has 4 heteroatoms. The van der Waals surface area contributed by atoms with Gasteiger partial charge in [-0.3, -0.25) is 4.57 Å². The minimum absolute atomic E-state index is 0.154. The lowest BCUT2D eigenvalue weighted by molar-refractivity contribution is 0.261. The molecule has 2 atom stereocenters. The number of rotatable bonds is 5. The Morgan fingerprint density at radius 2 is 1.59 bits per heavy atom. The molecule has 22 heavy (non-hydrogen) atoms. The molecule has 0 N–H and O–H groups in total. The van der Waals surface area contributed by atoms with Gasteiger partial charge in [0.15, 0.2) is 0 Å². The molecule has 1 aliphatic rings. The van der Waals surface area contributed by atoms with Crippen LogP contribution in [-0.4, -0.2) is 14.2 Å². The lowest BCUT2D eigenvalue weighted by Crippen LogP contribution is -2.13. The van der Waals surface area contributed by atoms with Crippen molar-refractivity contribution in [1.29, 1.82) is 0 Å². The molecule has 0 aliphatic heterocycles. The Hall–Kier alpha value is -1.41. The van der Waals surface area contributed by atoms with E-state index < -0.39 is 12.8 Å². The van der Waals surface area contributed by atoms with Gasteiger partial charge >= 0.3 is 7.60 Å². The molecule has 2 unspecified atom stereocenters. The normalized spacial score (nSPS) is 24.2. The summed E-state index contributed by atoms with van der Waals surface area (Å²) in [5, 5.41) is -0.576. The second-order valence-corrected chi connectivity index (χ2v) is 8.34. The molecule has 0 spiro atoms. The van der Waals surface area contributed by atoms with Crippen LogP contribution in [0, 0.1) is 6.92 Å². The zero-order valence-electron chi connectivity index (χ0n) is 13.2. The SMILES string of the molecule is COP(=O)(OC)C1(c2ccccc2)CC1c1ccc(C)cc1. The van der Waals surface area contributed by atoms with Gasteiger partial charge in [-0.25, -0.2) is 0 Å². The van der Waals surface area contributed by atoms with Gasteiger partial charge in [-0.1, -0.05) is 60.2 Å². The first-order valence-corrected chi connectivity index (χ1v) is 8.95. The van der Waals surface area contributed by atoms with Gasteiger partial charge in [0.2, 0.25) is 0 Å². The summed E-state index contributed by atoms with van der Waals surface area (Å²) in [7, 11) is -0.285. The van der Waals surface area contributed by atoms with Crippen LogP contribution in [0.25, 0.3) is 0 Å². The molecule has 0 bridgehead atoms. The van der Waals surface area contributed by atoms with Crippen LogP contribution in [-0.2, 0) is 18.8 Å². The van der Waals surface area contributed by atoms with Crippen molar-refractivity contribution in [2.24, 2.45) is 0 Å². The smallest absolute Gasteiger partial charge is 0.311 e. The van der Waals surface area contributed by atoms with E-state index in [-0.39, 0.29) is 5.92 Å². The van der Waals surface area contributed by atoms with E-state index in [0.29, 0.717) is 0 Å². The molecular formula is C18H21O3P. The van der Waals surface area contributed by atoms with E-state index in [1.807, 2.05) is 30.3 Å². The van der Waals surface area contributed by atoms with Gasteiger partial charge in [-0.15, -0.1) is 0 Å². The van der Waals surface area contributed by atoms with Crippen LogP contribution in [0.1, 0.15) is 29.0 Å². The predicted molar refractivity (Wildman–Crippen MR) is 88.3 cm³/mol. The summed E-state index contributed by atoms with van der Waals surface area (Å²) in [5.41, 5.74) is 3.42. The summed E-state index contributed by atoms with van der Waals surface area (Å²) in [6.07, 6.45) is 0.777. The molecule has 3 nitrogen and oxygen atoms in total. The van der Waals surface area contributed by atoms with Crippen molar-refractivity contribution in [1.82, 2.24) is 0 Å². The zero-order chi connectivity index (χ0) is 15.8. The van der Waals surface area contributed by atoms with E-state index in [0.717, 1.165) is 12.0 Å². The quantitative estimate of drug-likeness (QED) is 0.739. The third-order valence-electron chi connectivity index (χ3n) is 4.65. The fourth-order valence-corrected chi connectivity index (χ4v) is 5.55. The van der Waals surface area contributed by atoms with Gasteiger partial charge in [-0.2, -0.15) is 0 Å². The maximum atomic E-state index is 13.2. The van der Waals surface area contributed by atoms with Crippen LogP contribution >= 0.6 is 7.60 Å². The molecule has 116 valence electrons. The molecule has 1 fully saturated rings. The Labute approximate surface area is 131 Å². The van der Waals surface area contributed by atoms with Crippen molar-refractivity contribution in [3.8, 4) is 0 Å². The van der Waals surface area contributed by atoms with Gasteiger partial charge in [-0.05, 0) is 24.5 Å². The van der Waals surface area contributed by atoms with E-state index in [9.17, 15) is 4.57 Å². The van der Waals surface area contributed by atoms with E-state index in [4.69, 9.17) is 9.05 Å². The van der Waals surface area contributed by atoms with Crippen LogP contribution in [0.5, 0.6) is 0 Å². The van der Waals surface area contributed by atoms with Crippen molar-refractivity contribution >= 4 is 7.60 Å². The fourth-order valence-electron chi connectivity index (χ4n) is 3.35. The highest BCUT2D eigenvalue weighted by Crippen LogP contribution is 2.81. The highest BCUT2D eigenvalue weighted by molar-refractivity contribution is 7.55. The molecule has 0 saturated heterocycles. The van der Waals surface area contributed by atoms with Gasteiger partial charge in [0.25, 0.3) is 0 Å². The lowest BCUT2D eigenvalue weighted by Gasteiger charge is -2.26. The van der Waals surface area contributed by atoms with E-state index >= 15 is 0 Å². The Bertz CT molecular complexity index is 688. The van der Waals surface area contributed by atoms with Crippen molar-refractivity contribution in [2.45, 2.75) is 24.4 Å². The lowest BCUT2D eigenvalue weighted by atomic mass is 10.0. The molecule has 1 saturated carbocycles. The first kappa shape index (κ1) is 15.5. The summed E-state index contributed by atoms with van der Waals surface area (Å²) in [5.74, 6) is 0.154. The average molecular weight is 316 g/mol. The van der Waals surface area contributed by atoms with Gasteiger partial charge in [0.05, 0.1) is 0 Å². The van der Waals surface area contributed by atoms with E-state index in [1.54, 1.807) is 0 Å². The molecule has 3 rings (SSSR count). The van der Waals surface area contributed by atoms with Crippen molar-refractivity contribution < 1.29 is 13.6 Å². The highest BCUT2D eigenvalue weighted by Gasteiger charge is 2.68. The van der Waals surface area contributed by atoms with Crippen LogP contribution in [0.3, 0.4) is 0 Å². The monoisotopic (exact) mass is 316 g/mol. The molecule has 0 radical (unpaired) electrons.